The van der Waals surface area contributed by atoms with Crippen LogP contribution in [0, 0.1) is 11.8 Å². The second-order valence-corrected chi connectivity index (χ2v) is 2.25. The number of nitrogens with zero attached hydrogens (tertiary/aromatic N) is 1. The Morgan fingerprint density at radius 2 is 2.10 bits per heavy atom. The lowest BCUT2D eigenvalue weighted by atomic mass is 10.3. The van der Waals surface area contributed by atoms with Crippen molar-refractivity contribution in [2.24, 2.45) is 0 Å². The second kappa shape index (κ2) is 4.87. The maximum Gasteiger partial charge on any atom is 0.297 e. The summed E-state index contributed by atoms with van der Waals surface area (Å²) in [6.07, 6.45) is 1.81. The summed E-state index contributed by atoms with van der Waals surface area (Å²) < 4.78 is 0. The van der Waals surface area contributed by atoms with Crippen LogP contribution in [0.4, 0.5) is 0 Å². The van der Waals surface area contributed by atoms with Crippen molar-refractivity contribution in [2.75, 3.05) is 14.1 Å². The first-order valence-electron chi connectivity index (χ1n) is 3.38. The van der Waals surface area contributed by atoms with E-state index in [0.717, 1.165) is 12.8 Å². The average molecular weight is 139 g/mol. The first-order valence-corrected chi connectivity index (χ1v) is 3.38. The normalized spacial score (nSPS) is 7.90. The molecule has 0 aromatic carbocycles. The van der Waals surface area contributed by atoms with E-state index in [1.165, 1.54) is 4.90 Å². The molecule has 0 saturated carbocycles. The van der Waals surface area contributed by atoms with Crippen LogP contribution in [0.15, 0.2) is 0 Å². The van der Waals surface area contributed by atoms with E-state index in [0.29, 0.717) is 0 Å². The molecule has 0 aliphatic carbocycles. The summed E-state index contributed by atoms with van der Waals surface area (Å²) in [4.78, 5) is 12.2. The Bertz CT molecular complexity index is 162. The standard InChI is InChI=1S/C8H13NO/c1-4-5-6-7-8(10)9(2)3/h4-5H2,1-3H3. The largest absolute Gasteiger partial charge is 0.338 e. The van der Waals surface area contributed by atoms with Crippen LogP contribution in [0.25, 0.3) is 0 Å². The van der Waals surface area contributed by atoms with Gasteiger partial charge in [0.15, 0.2) is 0 Å². The van der Waals surface area contributed by atoms with E-state index in [2.05, 4.69) is 11.8 Å². The molecule has 0 aliphatic rings. The number of rotatable bonds is 1. The van der Waals surface area contributed by atoms with Gasteiger partial charge in [0.25, 0.3) is 5.91 Å². The minimum atomic E-state index is -0.117. The zero-order valence-corrected chi connectivity index (χ0v) is 6.77. The number of amides is 1. The molecule has 0 aromatic heterocycles. The predicted molar refractivity (Wildman–Crippen MR) is 41.4 cm³/mol. The summed E-state index contributed by atoms with van der Waals surface area (Å²) in [5.74, 6) is 5.18. The van der Waals surface area contributed by atoms with Crippen LogP contribution in [0.3, 0.4) is 0 Å². The molecule has 0 saturated heterocycles. The molecule has 0 aromatic rings. The van der Waals surface area contributed by atoms with Gasteiger partial charge in [-0.1, -0.05) is 12.8 Å². The fourth-order valence-electron chi connectivity index (χ4n) is 0.375. The van der Waals surface area contributed by atoms with Crippen molar-refractivity contribution >= 4 is 5.91 Å². The van der Waals surface area contributed by atoms with Gasteiger partial charge in [-0.2, -0.15) is 0 Å². The van der Waals surface area contributed by atoms with E-state index in [4.69, 9.17) is 0 Å². The van der Waals surface area contributed by atoms with Crippen LogP contribution in [0.2, 0.25) is 0 Å². The van der Waals surface area contributed by atoms with Gasteiger partial charge in [-0.3, -0.25) is 4.79 Å². The van der Waals surface area contributed by atoms with Gasteiger partial charge in [-0.05, 0) is 12.3 Å². The highest BCUT2D eigenvalue weighted by Gasteiger charge is 1.94. The van der Waals surface area contributed by atoms with Crippen molar-refractivity contribution < 1.29 is 4.79 Å². The molecule has 10 heavy (non-hydrogen) atoms. The quantitative estimate of drug-likeness (QED) is 0.494. The number of hydrogen-bond acceptors (Lipinski definition) is 1. The molecular weight excluding hydrogens is 126 g/mol. The van der Waals surface area contributed by atoms with Gasteiger partial charge in [0.2, 0.25) is 0 Å². The third-order valence-corrected chi connectivity index (χ3v) is 0.977. The molecule has 0 rings (SSSR count). The van der Waals surface area contributed by atoms with Crippen LogP contribution in [0.1, 0.15) is 19.8 Å². The lowest BCUT2D eigenvalue weighted by molar-refractivity contribution is -0.122. The van der Waals surface area contributed by atoms with Crippen molar-refractivity contribution in [3.63, 3.8) is 0 Å². The van der Waals surface area contributed by atoms with Gasteiger partial charge in [0.05, 0.1) is 0 Å². The summed E-state index contributed by atoms with van der Waals surface area (Å²) >= 11 is 0. The molecule has 0 bridgehead atoms. The average Bonchev–Trinajstić information content (AvgIpc) is 1.88. The van der Waals surface area contributed by atoms with Crippen molar-refractivity contribution in [2.45, 2.75) is 19.8 Å². The van der Waals surface area contributed by atoms with Gasteiger partial charge in [0.1, 0.15) is 0 Å². The lowest BCUT2D eigenvalue weighted by Crippen LogP contribution is -2.19. The lowest BCUT2D eigenvalue weighted by Gasteiger charge is -2.01. The summed E-state index contributed by atoms with van der Waals surface area (Å²) in [6, 6.07) is 0. The molecule has 0 unspecified atom stereocenters. The van der Waals surface area contributed by atoms with Gasteiger partial charge in [-0.25, -0.2) is 0 Å². The fourth-order valence-corrected chi connectivity index (χ4v) is 0.375. The highest BCUT2D eigenvalue weighted by Crippen LogP contribution is 1.82. The van der Waals surface area contributed by atoms with Gasteiger partial charge < -0.3 is 4.90 Å². The fraction of sp³-hybridized carbons (Fsp3) is 0.625. The van der Waals surface area contributed by atoms with E-state index in [1.54, 1.807) is 14.1 Å². The summed E-state index contributed by atoms with van der Waals surface area (Å²) in [5, 5.41) is 0. The van der Waals surface area contributed by atoms with Gasteiger partial charge >= 0.3 is 0 Å². The summed E-state index contributed by atoms with van der Waals surface area (Å²) in [7, 11) is 3.39. The molecule has 0 aliphatic heterocycles. The maximum absolute atomic E-state index is 10.8. The van der Waals surface area contributed by atoms with Crippen LogP contribution in [-0.4, -0.2) is 24.9 Å². The van der Waals surface area contributed by atoms with Crippen LogP contribution in [0.5, 0.6) is 0 Å². The highest BCUT2D eigenvalue weighted by atomic mass is 16.2. The smallest absolute Gasteiger partial charge is 0.297 e. The van der Waals surface area contributed by atoms with Crippen LogP contribution in [-0.2, 0) is 4.79 Å². The molecule has 1 amide bonds. The Kier molecular flexibility index (Phi) is 4.39. The third kappa shape index (κ3) is 3.96. The summed E-state index contributed by atoms with van der Waals surface area (Å²) in [5.41, 5.74) is 0. The number of carbonyl (C=O) groups excluding carboxylic acids is 1. The Morgan fingerprint density at radius 3 is 2.50 bits per heavy atom. The van der Waals surface area contributed by atoms with E-state index in [9.17, 15) is 4.79 Å². The molecule has 56 valence electrons. The zero-order chi connectivity index (χ0) is 7.98. The molecule has 0 heterocycles. The van der Waals surface area contributed by atoms with E-state index in [1.807, 2.05) is 6.92 Å². The Labute approximate surface area is 62.2 Å². The topological polar surface area (TPSA) is 20.3 Å². The molecular formula is C8H13NO. The Balaban J connectivity index is 3.69. The third-order valence-electron chi connectivity index (χ3n) is 0.977. The summed E-state index contributed by atoms with van der Waals surface area (Å²) in [6.45, 7) is 2.04. The Hall–Kier alpha value is -0.970. The monoisotopic (exact) mass is 139 g/mol. The van der Waals surface area contributed by atoms with E-state index in [-0.39, 0.29) is 5.91 Å². The minimum absolute atomic E-state index is 0.117. The number of unbranched alkanes of at least 4 members (excludes halogenated alkanes) is 1. The minimum Gasteiger partial charge on any atom is -0.338 e. The highest BCUT2D eigenvalue weighted by molar-refractivity contribution is 5.93. The van der Waals surface area contributed by atoms with Crippen LogP contribution < -0.4 is 0 Å². The van der Waals surface area contributed by atoms with Crippen molar-refractivity contribution in [1.29, 1.82) is 0 Å². The first kappa shape index (κ1) is 9.03. The molecule has 0 spiro atoms. The Morgan fingerprint density at radius 1 is 1.50 bits per heavy atom. The van der Waals surface area contributed by atoms with Crippen molar-refractivity contribution in [3.8, 4) is 11.8 Å². The van der Waals surface area contributed by atoms with Crippen molar-refractivity contribution in [1.82, 2.24) is 4.90 Å². The molecule has 0 atom stereocenters. The zero-order valence-electron chi connectivity index (χ0n) is 6.77. The SMILES string of the molecule is CCCC#CC(=O)N(C)C. The first-order chi connectivity index (χ1) is 4.68. The molecule has 2 nitrogen and oxygen atoms in total. The number of carbonyl (C=O) groups is 1. The van der Waals surface area contributed by atoms with Gasteiger partial charge in [0, 0.05) is 20.5 Å². The predicted octanol–water partition coefficient (Wildman–Crippen LogP) is 0.878. The van der Waals surface area contributed by atoms with Crippen molar-refractivity contribution in [3.05, 3.63) is 0 Å². The number of hydrogen-bond donors (Lipinski definition) is 0. The van der Waals surface area contributed by atoms with E-state index >= 15 is 0 Å². The van der Waals surface area contributed by atoms with E-state index < -0.39 is 0 Å². The molecule has 2 heteroatoms. The molecule has 0 radical (unpaired) electrons. The molecule has 0 N–H and O–H groups in total. The molecule has 0 fully saturated rings. The maximum atomic E-state index is 10.8. The van der Waals surface area contributed by atoms with Gasteiger partial charge in [-0.15, -0.1) is 0 Å². The second-order valence-electron chi connectivity index (χ2n) is 2.25. The van der Waals surface area contributed by atoms with Crippen LogP contribution >= 0.6 is 0 Å².